The Labute approximate surface area is 243 Å². The van der Waals surface area contributed by atoms with Crippen LogP contribution in [0.5, 0.6) is 0 Å². The van der Waals surface area contributed by atoms with Crippen LogP contribution in [0.1, 0.15) is 50.3 Å². The molecule has 9 heteroatoms. The SMILES string of the molecule is Cc1ccccc1CN(C(=O)CCCN(c1ccccc1F)S(C)(=O)=O)C(Cc1ccccc1)C(=O)NC(C)(C)C. The number of amides is 2. The molecule has 3 rings (SSSR count). The number of hydrogen-bond donors (Lipinski definition) is 1. The largest absolute Gasteiger partial charge is 0.350 e. The van der Waals surface area contributed by atoms with Crippen LogP contribution >= 0.6 is 0 Å². The van der Waals surface area contributed by atoms with Crippen LogP contribution < -0.4 is 9.62 Å². The molecule has 1 N–H and O–H groups in total. The van der Waals surface area contributed by atoms with Gasteiger partial charge in [-0.15, -0.1) is 0 Å². The molecule has 1 unspecified atom stereocenters. The van der Waals surface area contributed by atoms with Crippen LogP contribution in [-0.2, 0) is 32.6 Å². The molecule has 0 heterocycles. The number of nitrogens with one attached hydrogen (secondary N) is 1. The molecule has 0 aromatic heterocycles. The molecular formula is C32H40FN3O4S. The molecule has 0 saturated carbocycles. The predicted octanol–water partition coefficient (Wildman–Crippen LogP) is 5.24. The topological polar surface area (TPSA) is 86.8 Å². The molecule has 0 aliphatic heterocycles. The minimum Gasteiger partial charge on any atom is -0.350 e. The molecule has 0 spiro atoms. The Morgan fingerprint density at radius 3 is 2.15 bits per heavy atom. The van der Waals surface area contributed by atoms with Crippen molar-refractivity contribution in [2.24, 2.45) is 0 Å². The van der Waals surface area contributed by atoms with Crippen LogP contribution in [0.2, 0.25) is 0 Å². The van der Waals surface area contributed by atoms with Gasteiger partial charge in [0.25, 0.3) is 0 Å². The standard InChI is InChI=1S/C32H40FN3O4S/c1-24-14-9-10-17-26(24)23-35(29(31(38)34-32(2,3)4)22-25-15-7-6-8-16-25)30(37)20-13-21-36(41(5,39)40)28-19-12-11-18-27(28)33/h6-12,14-19,29H,13,20-23H2,1-5H3,(H,34,38). The van der Waals surface area contributed by atoms with Crippen molar-refractivity contribution < 1.29 is 22.4 Å². The summed E-state index contributed by atoms with van der Waals surface area (Å²) in [6.07, 6.45) is 1.44. The molecule has 1 atom stereocenters. The summed E-state index contributed by atoms with van der Waals surface area (Å²) in [6, 6.07) is 22.1. The molecule has 0 saturated heterocycles. The van der Waals surface area contributed by atoms with Crippen molar-refractivity contribution in [1.29, 1.82) is 0 Å². The summed E-state index contributed by atoms with van der Waals surface area (Å²) < 4.78 is 40.5. The van der Waals surface area contributed by atoms with Crippen LogP contribution in [-0.4, -0.2) is 49.5 Å². The van der Waals surface area contributed by atoms with Gasteiger partial charge in [-0.2, -0.15) is 0 Å². The highest BCUT2D eigenvalue weighted by Crippen LogP contribution is 2.23. The maximum absolute atomic E-state index is 14.5. The molecule has 7 nitrogen and oxygen atoms in total. The Morgan fingerprint density at radius 2 is 1.54 bits per heavy atom. The number of halogens is 1. The monoisotopic (exact) mass is 581 g/mol. The lowest BCUT2D eigenvalue weighted by Gasteiger charge is -2.34. The van der Waals surface area contributed by atoms with E-state index in [-0.39, 0.29) is 43.4 Å². The minimum absolute atomic E-state index is 0.0273. The lowest BCUT2D eigenvalue weighted by Crippen LogP contribution is -2.54. The van der Waals surface area contributed by atoms with Crippen molar-refractivity contribution in [3.63, 3.8) is 0 Å². The quantitative estimate of drug-likeness (QED) is 0.317. The van der Waals surface area contributed by atoms with Crippen LogP contribution in [0.3, 0.4) is 0 Å². The van der Waals surface area contributed by atoms with E-state index >= 15 is 0 Å². The number of anilines is 1. The van der Waals surface area contributed by atoms with Crippen molar-refractivity contribution in [1.82, 2.24) is 10.2 Å². The van der Waals surface area contributed by atoms with Crippen molar-refractivity contribution in [3.05, 3.63) is 101 Å². The Kier molecular flexibility index (Phi) is 10.7. The second-order valence-corrected chi connectivity index (χ2v) is 13.2. The zero-order valence-corrected chi connectivity index (χ0v) is 25.2. The van der Waals surface area contributed by atoms with Gasteiger partial charge in [0.2, 0.25) is 21.8 Å². The van der Waals surface area contributed by atoms with Crippen molar-refractivity contribution in [3.8, 4) is 0 Å². The highest BCUT2D eigenvalue weighted by molar-refractivity contribution is 7.92. The third kappa shape index (κ3) is 9.42. The van der Waals surface area contributed by atoms with E-state index in [0.29, 0.717) is 6.42 Å². The maximum Gasteiger partial charge on any atom is 0.243 e. The summed E-state index contributed by atoms with van der Waals surface area (Å²) in [7, 11) is -3.80. The zero-order chi connectivity index (χ0) is 30.2. The molecule has 2 amide bonds. The fourth-order valence-corrected chi connectivity index (χ4v) is 5.58. The van der Waals surface area contributed by atoms with Gasteiger partial charge in [0, 0.05) is 31.5 Å². The van der Waals surface area contributed by atoms with Crippen molar-refractivity contribution >= 4 is 27.5 Å². The van der Waals surface area contributed by atoms with Gasteiger partial charge in [0.1, 0.15) is 11.9 Å². The number of benzene rings is 3. The lowest BCUT2D eigenvalue weighted by atomic mass is 9.99. The van der Waals surface area contributed by atoms with Gasteiger partial charge in [0.15, 0.2) is 0 Å². The van der Waals surface area contributed by atoms with E-state index in [1.54, 1.807) is 11.0 Å². The van der Waals surface area contributed by atoms with E-state index in [2.05, 4.69) is 5.32 Å². The van der Waals surface area contributed by atoms with E-state index in [0.717, 1.165) is 27.3 Å². The molecule has 0 aliphatic carbocycles. The number of aryl methyl sites for hydroxylation is 1. The highest BCUT2D eigenvalue weighted by Gasteiger charge is 2.32. The van der Waals surface area contributed by atoms with Gasteiger partial charge >= 0.3 is 0 Å². The average Bonchev–Trinajstić information content (AvgIpc) is 2.89. The number of hydrogen-bond acceptors (Lipinski definition) is 4. The van der Waals surface area contributed by atoms with Gasteiger partial charge < -0.3 is 10.2 Å². The Balaban J connectivity index is 1.92. The lowest BCUT2D eigenvalue weighted by molar-refractivity contribution is -0.142. The second-order valence-electron chi connectivity index (χ2n) is 11.3. The Morgan fingerprint density at radius 1 is 0.927 bits per heavy atom. The van der Waals surface area contributed by atoms with Crippen LogP contribution in [0.4, 0.5) is 10.1 Å². The summed E-state index contributed by atoms with van der Waals surface area (Å²) >= 11 is 0. The van der Waals surface area contributed by atoms with Crippen molar-refractivity contribution in [2.45, 2.75) is 65.1 Å². The number of carbonyl (C=O) groups excluding carboxylic acids is 2. The maximum atomic E-state index is 14.5. The number of nitrogens with zero attached hydrogens (tertiary/aromatic N) is 2. The van der Waals surface area contributed by atoms with Gasteiger partial charge in [-0.05, 0) is 62.9 Å². The van der Waals surface area contributed by atoms with Gasteiger partial charge in [-0.3, -0.25) is 13.9 Å². The molecule has 0 aliphatic rings. The Bertz CT molecular complexity index is 1440. The first-order valence-electron chi connectivity index (χ1n) is 13.7. The fourth-order valence-electron chi connectivity index (χ4n) is 4.61. The van der Waals surface area contributed by atoms with E-state index in [9.17, 15) is 22.4 Å². The third-order valence-electron chi connectivity index (χ3n) is 6.64. The van der Waals surface area contributed by atoms with E-state index in [1.165, 1.54) is 18.2 Å². The number of rotatable bonds is 12. The van der Waals surface area contributed by atoms with E-state index in [4.69, 9.17) is 0 Å². The van der Waals surface area contributed by atoms with Crippen LogP contribution in [0.15, 0.2) is 78.9 Å². The van der Waals surface area contributed by atoms with E-state index in [1.807, 2.05) is 82.3 Å². The van der Waals surface area contributed by atoms with Gasteiger partial charge in [0.05, 0.1) is 11.9 Å². The molecule has 3 aromatic rings. The molecule has 41 heavy (non-hydrogen) atoms. The predicted molar refractivity (Wildman–Crippen MR) is 161 cm³/mol. The average molecular weight is 582 g/mol. The second kappa shape index (κ2) is 13.8. The third-order valence-corrected chi connectivity index (χ3v) is 7.82. The summed E-state index contributed by atoms with van der Waals surface area (Å²) in [6.45, 7) is 7.75. The molecule has 3 aromatic carbocycles. The van der Waals surface area contributed by atoms with Crippen LogP contribution in [0.25, 0.3) is 0 Å². The normalized spacial score (nSPS) is 12.4. The molecule has 0 bridgehead atoms. The number of para-hydroxylation sites is 1. The summed E-state index contributed by atoms with van der Waals surface area (Å²) in [5.74, 6) is -1.22. The smallest absolute Gasteiger partial charge is 0.243 e. The summed E-state index contributed by atoms with van der Waals surface area (Å²) in [5.41, 5.74) is 2.23. The first-order valence-corrected chi connectivity index (χ1v) is 15.5. The minimum atomic E-state index is -3.80. The molecule has 0 fully saturated rings. The number of carbonyl (C=O) groups is 2. The first-order chi connectivity index (χ1) is 19.3. The van der Waals surface area contributed by atoms with Gasteiger partial charge in [-0.1, -0.05) is 66.7 Å². The summed E-state index contributed by atoms with van der Waals surface area (Å²) in [5, 5.41) is 3.04. The van der Waals surface area contributed by atoms with Crippen LogP contribution in [0, 0.1) is 12.7 Å². The Hall–Kier alpha value is -3.72. The fraction of sp³-hybridized carbons (Fsp3) is 0.375. The summed E-state index contributed by atoms with van der Waals surface area (Å²) in [4.78, 5) is 29.2. The van der Waals surface area contributed by atoms with Crippen molar-refractivity contribution in [2.75, 3.05) is 17.1 Å². The first kappa shape index (κ1) is 31.8. The molecule has 220 valence electrons. The molecule has 0 radical (unpaired) electrons. The molecular weight excluding hydrogens is 541 g/mol. The van der Waals surface area contributed by atoms with E-state index < -0.39 is 27.4 Å². The zero-order valence-electron chi connectivity index (χ0n) is 24.4. The number of sulfonamides is 1. The highest BCUT2D eigenvalue weighted by atomic mass is 32.2. The van der Waals surface area contributed by atoms with Gasteiger partial charge in [-0.25, -0.2) is 12.8 Å².